The highest BCUT2D eigenvalue weighted by molar-refractivity contribution is 5.92. The van der Waals surface area contributed by atoms with Crippen LogP contribution in [0.25, 0.3) is 10.8 Å². The Morgan fingerprint density at radius 3 is 2.23 bits per heavy atom. The number of benzene rings is 2. The summed E-state index contributed by atoms with van der Waals surface area (Å²) < 4.78 is 5.32. The van der Waals surface area contributed by atoms with Crippen LogP contribution < -0.4 is 16.4 Å². The number of nitrogens with one attached hydrogen (secondary N) is 2. The number of carbonyl (C=O) groups is 3. The van der Waals surface area contributed by atoms with Gasteiger partial charge in [-0.3, -0.25) is 9.59 Å². The molecule has 0 saturated heterocycles. The number of carbonyl (C=O) groups excluding carboxylic acids is 3. The van der Waals surface area contributed by atoms with Crippen molar-refractivity contribution in [2.24, 2.45) is 11.7 Å². The number of primary amides is 1. The van der Waals surface area contributed by atoms with Crippen LogP contribution in [0, 0.1) is 5.92 Å². The van der Waals surface area contributed by atoms with Gasteiger partial charge in [0, 0.05) is 6.42 Å². The summed E-state index contributed by atoms with van der Waals surface area (Å²) in [6.45, 7) is 8.81. The van der Waals surface area contributed by atoms with Crippen molar-refractivity contribution in [3.05, 3.63) is 48.0 Å². The number of fused-ring (bicyclic) bond motifs is 1. The van der Waals surface area contributed by atoms with E-state index < -0.39 is 35.6 Å². The van der Waals surface area contributed by atoms with Crippen molar-refractivity contribution in [3.8, 4) is 0 Å². The Balaban J connectivity index is 2.31. The smallest absolute Gasteiger partial charge is 0.408 e. The topological polar surface area (TPSA) is 111 Å². The molecule has 0 radical (unpaired) electrons. The highest BCUT2D eigenvalue weighted by Crippen LogP contribution is 2.20. The van der Waals surface area contributed by atoms with E-state index in [1.807, 2.05) is 42.5 Å². The number of amides is 3. The molecule has 0 aliphatic rings. The predicted molar refractivity (Wildman–Crippen MR) is 117 cm³/mol. The Labute approximate surface area is 177 Å². The summed E-state index contributed by atoms with van der Waals surface area (Å²) >= 11 is 0. The molecule has 2 aromatic rings. The molecule has 0 aliphatic heterocycles. The van der Waals surface area contributed by atoms with Crippen molar-refractivity contribution in [1.82, 2.24) is 10.6 Å². The summed E-state index contributed by atoms with van der Waals surface area (Å²) in [7, 11) is 0. The summed E-state index contributed by atoms with van der Waals surface area (Å²) in [5, 5.41) is 7.33. The fourth-order valence-corrected chi connectivity index (χ4v) is 3.17. The highest BCUT2D eigenvalue weighted by atomic mass is 16.6. The van der Waals surface area contributed by atoms with Crippen molar-refractivity contribution < 1.29 is 19.1 Å². The number of hydrogen-bond acceptors (Lipinski definition) is 4. The van der Waals surface area contributed by atoms with E-state index in [2.05, 4.69) is 10.6 Å². The Bertz CT molecular complexity index is 913. The van der Waals surface area contributed by atoms with Crippen LogP contribution in [-0.4, -0.2) is 35.6 Å². The first-order chi connectivity index (χ1) is 14.0. The molecule has 0 unspecified atom stereocenters. The Kier molecular flexibility index (Phi) is 7.43. The Morgan fingerprint density at radius 1 is 1.00 bits per heavy atom. The highest BCUT2D eigenvalue weighted by Gasteiger charge is 2.29. The van der Waals surface area contributed by atoms with Crippen LogP contribution >= 0.6 is 0 Å². The van der Waals surface area contributed by atoms with Gasteiger partial charge >= 0.3 is 6.09 Å². The lowest BCUT2D eigenvalue weighted by atomic mass is 9.97. The summed E-state index contributed by atoms with van der Waals surface area (Å²) in [6, 6.07) is 11.8. The van der Waals surface area contributed by atoms with Gasteiger partial charge in [-0.2, -0.15) is 0 Å². The zero-order valence-electron chi connectivity index (χ0n) is 18.2. The normalized spacial score (nSPS) is 13.5. The number of nitrogens with two attached hydrogens (primary N) is 1. The lowest BCUT2D eigenvalue weighted by molar-refractivity contribution is -0.129. The summed E-state index contributed by atoms with van der Waals surface area (Å²) in [6.07, 6.45) is -0.473. The molecule has 4 N–H and O–H groups in total. The number of ether oxygens (including phenoxy) is 1. The lowest BCUT2D eigenvalue weighted by Crippen LogP contribution is -2.55. The molecule has 0 bridgehead atoms. The van der Waals surface area contributed by atoms with Crippen molar-refractivity contribution >= 4 is 28.7 Å². The SMILES string of the molecule is CC(C)[C@H](NC(=O)[C@H](Cc1cccc2ccccc12)NC(=O)OC(C)(C)C)C(N)=O. The van der Waals surface area contributed by atoms with Crippen LogP contribution in [-0.2, 0) is 20.7 Å². The number of rotatable bonds is 7. The quantitative estimate of drug-likeness (QED) is 0.648. The van der Waals surface area contributed by atoms with Gasteiger partial charge in [-0.15, -0.1) is 0 Å². The maximum Gasteiger partial charge on any atom is 0.408 e. The van der Waals surface area contributed by atoms with Crippen LogP contribution in [0.1, 0.15) is 40.2 Å². The van der Waals surface area contributed by atoms with E-state index in [0.717, 1.165) is 16.3 Å². The van der Waals surface area contributed by atoms with Gasteiger partial charge in [0.25, 0.3) is 0 Å². The third-order valence-electron chi connectivity index (χ3n) is 4.58. The monoisotopic (exact) mass is 413 g/mol. The number of alkyl carbamates (subject to hydrolysis) is 1. The fourth-order valence-electron chi connectivity index (χ4n) is 3.17. The first kappa shape index (κ1) is 23.2. The minimum atomic E-state index is -0.939. The maximum absolute atomic E-state index is 13.0. The second kappa shape index (κ2) is 9.61. The van der Waals surface area contributed by atoms with Gasteiger partial charge < -0.3 is 21.1 Å². The first-order valence-corrected chi connectivity index (χ1v) is 10.0. The van der Waals surface area contributed by atoms with Gasteiger partial charge in [0.05, 0.1) is 0 Å². The third-order valence-corrected chi connectivity index (χ3v) is 4.58. The molecule has 7 heteroatoms. The van der Waals surface area contributed by atoms with Crippen molar-refractivity contribution in [2.45, 2.75) is 58.7 Å². The lowest BCUT2D eigenvalue weighted by Gasteiger charge is -2.26. The minimum absolute atomic E-state index is 0.189. The molecule has 7 nitrogen and oxygen atoms in total. The van der Waals surface area contributed by atoms with E-state index in [9.17, 15) is 14.4 Å². The largest absolute Gasteiger partial charge is 0.444 e. The van der Waals surface area contributed by atoms with Crippen molar-refractivity contribution in [1.29, 1.82) is 0 Å². The summed E-state index contributed by atoms with van der Waals surface area (Å²) in [5.74, 6) is -1.31. The maximum atomic E-state index is 13.0. The van der Waals surface area contributed by atoms with E-state index in [0.29, 0.717) is 0 Å². The first-order valence-electron chi connectivity index (χ1n) is 10.0. The van der Waals surface area contributed by atoms with Crippen LogP contribution in [0.2, 0.25) is 0 Å². The molecule has 2 aromatic carbocycles. The van der Waals surface area contributed by atoms with Crippen LogP contribution in [0.15, 0.2) is 42.5 Å². The van der Waals surface area contributed by atoms with Gasteiger partial charge in [-0.25, -0.2) is 4.79 Å². The van der Waals surface area contributed by atoms with E-state index in [1.54, 1.807) is 34.6 Å². The molecule has 0 aromatic heterocycles. The average molecular weight is 414 g/mol. The average Bonchev–Trinajstić information content (AvgIpc) is 2.63. The molecule has 2 atom stereocenters. The Hall–Kier alpha value is -3.09. The zero-order valence-corrected chi connectivity index (χ0v) is 18.2. The van der Waals surface area contributed by atoms with Gasteiger partial charge in [0.15, 0.2) is 0 Å². The van der Waals surface area contributed by atoms with Crippen LogP contribution in [0.5, 0.6) is 0 Å². The third kappa shape index (κ3) is 6.47. The van der Waals surface area contributed by atoms with Crippen LogP contribution in [0.4, 0.5) is 4.79 Å². The second-order valence-electron chi connectivity index (χ2n) is 8.67. The van der Waals surface area contributed by atoms with E-state index >= 15 is 0 Å². The summed E-state index contributed by atoms with van der Waals surface area (Å²) in [4.78, 5) is 37.1. The fraction of sp³-hybridized carbons (Fsp3) is 0.435. The minimum Gasteiger partial charge on any atom is -0.444 e. The molecule has 30 heavy (non-hydrogen) atoms. The molecule has 3 amide bonds. The Morgan fingerprint density at radius 2 is 1.63 bits per heavy atom. The molecule has 0 fully saturated rings. The van der Waals surface area contributed by atoms with Gasteiger partial charge in [0.1, 0.15) is 17.7 Å². The van der Waals surface area contributed by atoms with Crippen molar-refractivity contribution in [2.75, 3.05) is 0 Å². The number of hydrogen-bond donors (Lipinski definition) is 3. The molecule has 0 spiro atoms. The van der Waals surface area contributed by atoms with E-state index in [4.69, 9.17) is 10.5 Å². The summed E-state index contributed by atoms with van der Waals surface area (Å²) in [5.41, 5.74) is 5.61. The van der Waals surface area contributed by atoms with Gasteiger partial charge in [0.2, 0.25) is 11.8 Å². The molecule has 2 rings (SSSR count). The molecule has 0 saturated carbocycles. The molecule has 0 aliphatic carbocycles. The predicted octanol–water partition coefficient (Wildman–Crippen LogP) is 2.90. The zero-order chi connectivity index (χ0) is 22.5. The second-order valence-corrected chi connectivity index (χ2v) is 8.67. The van der Waals surface area contributed by atoms with E-state index in [-0.39, 0.29) is 12.3 Å². The molecule has 162 valence electrons. The molecular formula is C23H31N3O4. The molecular weight excluding hydrogens is 382 g/mol. The van der Waals surface area contributed by atoms with E-state index in [1.165, 1.54) is 0 Å². The van der Waals surface area contributed by atoms with Gasteiger partial charge in [-0.1, -0.05) is 56.3 Å². The molecule has 0 heterocycles. The van der Waals surface area contributed by atoms with Gasteiger partial charge in [-0.05, 0) is 43.0 Å². The van der Waals surface area contributed by atoms with Crippen LogP contribution in [0.3, 0.4) is 0 Å². The standard InChI is InChI=1S/C23H31N3O4/c1-14(2)19(20(24)27)26-21(28)18(25-22(29)30-23(3,4)5)13-16-11-8-10-15-9-6-7-12-17(15)16/h6-12,14,18-19H,13H2,1-5H3,(H2,24,27)(H,25,29)(H,26,28)/t18-,19-/m0/s1. The van der Waals surface area contributed by atoms with Crippen molar-refractivity contribution in [3.63, 3.8) is 0 Å².